The summed E-state index contributed by atoms with van der Waals surface area (Å²) < 4.78 is 0. The predicted octanol–water partition coefficient (Wildman–Crippen LogP) is 4.06. The third-order valence-corrected chi connectivity index (χ3v) is 5.49. The van der Waals surface area contributed by atoms with Crippen LogP contribution in [0.25, 0.3) is 0 Å². The summed E-state index contributed by atoms with van der Waals surface area (Å²) in [4.78, 5) is 2.68. The number of rotatable bonds is 8. The van der Waals surface area contributed by atoms with Gasteiger partial charge in [0.25, 0.3) is 0 Å². The van der Waals surface area contributed by atoms with Gasteiger partial charge in [0, 0.05) is 25.2 Å². The first-order chi connectivity index (χ1) is 9.52. The van der Waals surface area contributed by atoms with E-state index in [2.05, 4.69) is 38.0 Å². The Morgan fingerprint density at radius 3 is 2.30 bits per heavy atom. The van der Waals surface area contributed by atoms with E-state index in [0.29, 0.717) is 5.41 Å². The molecule has 20 heavy (non-hydrogen) atoms. The van der Waals surface area contributed by atoms with Crippen molar-refractivity contribution in [2.75, 3.05) is 20.1 Å². The molecule has 2 heteroatoms. The van der Waals surface area contributed by atoms with E-state index in [0.717, 1.165) is 18.0 Å². The molecule has 2 aliphatic rings. The minimum atomic E-state index is 0.454. The topological polar surface area (TPSA) is 15.3 Å². The van der Waals surface area contributed by atoms with Gasteiger partial charge in [0.2, 0.25) is 0 Å². The van der Waals surface area contributed by atoms with Crippen LogP contribution < -0.4 is 5.32 Å². The highest BCUT2D eigenvalue weighted by Crippen LogP contribution is 2.31. The Morgan fingerprint density at radius 2 is 1.75 bits per heavy atom. The highest BCUT2D eigenvalue weighted by molar-refractivity contribution is 4.88. The Morgan fingerprint density at radius 1 is 1.10 bits per heavy atom. The molecule has 2 fully saturated rings. The van der Waals surface area contributed by atoms with Crippen LogP contribution in [0.5, 0.6) is 0 Å². The molecule has 1 atom stereocenters. The van der Waals surface area contributed by atoms with Crippen molar-refractivity contribution < 1.29 is 0 Å². The normalized spacial score (nSPS) is 30.4. The van der Waals surface area contributed by atoms with Crippen LogP contribution in [0.1, 0.15) is 72.1 Å². The fourth-order valence-electron chi connectivity index (χ4n) is 3.92. The lowest BCUT2D eigenvalue weighted by Crippen LogP contribution is -2.45. The molecule has 2 aliphatic carbocycles. The zero-order valence-corrected chi connectivity index (χ0v) is 14.3. The standard InChI is InChI=1S/C18H36N2/c1-5-12-18(3,13-19-16-8-9-16)14-20(4)17-10-6-15(2)7-11-17/h15-17,19H,5-14H2,1-4H3. The first-order valence-corrected chi connectivity index (χ1v) is 8.96. The van der Waals surface area contributed by atoms with Crippen LogP contribution in [0.3, 0.4) is 0 Å². The molecule has 0 amide bonds. The Labute approximate surface area is 126 Å². The van der Waals surface area contributed by atoms with Gasteiger partial charge in [0.1, 0.15) is 0 Å². The molecule has 1 N–H and O–H groups in total. The lowest BCUT2D eigenvalue weighted by Gasteiger charge is -2.40. The van der Waals surface area contributed by atoms with Crippen molar-refractivity contribution in [3.05, 3.63) is 0 Å². The second-order valence-corrected chi connectivity index (χ2v) is 8.04. The Balaban J connectivity index is 1.81. The van der Waals surface area contributed by atoms with Gasteiger partial charge < -0.3 is 10.2 Å². The molecule has 0 aromatic rings. The van der Waals surface area contributed by atoms with Gasteiger partial charge in [0.15, 0.2) is 0 Å². The molecule has 0 aromatic carbocycles. The molecule has 0 aromatic heterocycles. The van der Waals surface area contributed by atoms with Crippen LogP contribution in [0.4, 0.5) is 0 Å². The average molecular weight is 280 g/mol. The monoisotopic (exact) mass is 280 g/mol. The van der Waals surface area contributed by atoms with Crippen molar-refractivity contribution in [3.63, 3.8) is 0 Å². The van der Waals surface area contributed by atoms with Gasteiger partial charge in [0.05, 0.1) is 0 Å². The molecule has 0 bridgehead atoms. The highest BCUT2D eigenvalue weighted by atomic mass is 15.1. The van der Waals surface area contributed by atoms with E-state index in [1.807, 2.05) is 0 Å². The van der Waals surface area contributed by atoms with Crippen LogP contribution in [0.2, 0.25) is 0 Å². The van der Waals surface area contributed by atoms with Crippen molar-refractivity contribution in [3.8, 4) is 0 Å². The number of hydrogen-bond acceptors (Lipinski definition) is 2. The molecule has 0 saturated heterocycles. The van der Waals surface area contributed by atoms with Crippen LogP contribution >= 0.6 is 0 Å². The highest BCUT2D eigenvalue weighted by Gasteiger charge is 2.31. The van der Waals surface area contributed by atoms with E-state index < -0.39 is 0 Å². The maximum atomic E-state index is 3.77. The van der Waals surface area contributed by atoms with Crippen molar-refractivity contribution in [1.29, 1.82) is 0 Å². The van der Waals surface area contributed by atoms with E-state index in [-0.39, 0.29) is 0 Å². The molecule has 0 aliphatic heterocycles. The number of hydrogen-bond donors (Lipinski definition) is 1. The summed E-state index contributed by atoms with van der Waals surface area (Å²) in [6.07, 6.45) is 11.1. The molecule has 1 unspecified atom stereocenters. The Bertz CT molecular complexity index is 279. The van der Waals surface area contributed by atoms with E-state index in [1.54, 1.807) is 0 Å². The third-order valence-electron chi connectivity index (χ3n) is 5.49. The molecule has 2 rings (SSSR count). The zero-order chi connectivity index (χ0) is 14.6. The molecule has 0 heterocycles. The summed E-state index contributed by atoms with van der Waals surface area (Å²) in [6, 6.07) is 1.68. The molecule has 2 nitrogen and oxygen atoms in total. The summed E-state index contributed by atoms with van der Waals surface area (Å²) in [5, 5.41) is 3.77. The van der Waals surface area contributed by atoms with Gasteiger partial charge in [-0.15, -0.1) is 0 Å². The van der Waals surface area contributed by atoms with Gasteiger partial charge in [-0.25, -0.2) is 0 Å². The zero-order valence-electron chi connectivity index (χ0n) is 14.3. The first-order valence-electron chi connectivity index (χ1n) is 8.96. The second-order valence-electron chi connectivity index (χ2n) is 8.04. The molecular weight excluding hydrogens is 244 g/mol. The van der Waals surface area contributed by atoms with Gasteiger partial charge in [-0.2, -0.15) is 0 Å². The van der Waals surface area contributed by atoms with Crippen molar-refractivity contribution >= 4 is 0 Å². The summed E-state index contributed by atoms with van der Waals surface area (Å²) in [5.74, 6) is 0.957. The third kappa shape index (κ3) is 5.04. The van der Waals surface area contributed by atoms with E-state index >= 15 is 0 Å². The average Bonchev–Trinajstić information content (AvgIpc) is 3.21. The lowest BCUT2D eigenvalue weighted by atomic mass is 9.82. The molecule has 0 spiro atoms. The number of nitrogens with one attached hydrogen (secondary N) is 1. The summed E-state index contributed by atoms with van der Waals surface area (Å²) >= 11 is 0. The molecular formula is C18H36N2. The minimum absolute atomic E-state index is 0.454. The fourth-order valence-corrected chi connectivity index (χ4v) is 3.92. The molecule has 0 radical (unpaired) electrons. The summed E-state index contributed by atoms with van der Waals surface area (Å²) in [5.41, 5.74) is 0.454. The Kier molecular flexibility index (Phi) is 5.92. The van der Waals surface area contributed by atoms with Crippen molar-refractivity contribution in [1.82, 2.24) is 10.2 Å². The van der Waals surface area contributed by atoms with Crippen LogP contribution in [0, 0.1) is 11.3 Å². The first kappa shape index (κ1) is 16.3. The van der Waals surface area contributed by atoms with E-state index in [4.69, 9.17) is 0 Å². The minimum Gasteiger partial charge on any atom is -0.313 e. The SMILES string of the molecule is CCCC(C)(CNC1CC1)CN(C)C1CCC(C)CC1. The van der Waals surface area contributed by atoms with Crippen LogP contribution in [-0.4, -0.2) is 37.1 Å². The summed E-state index contributed by atoms with van der Waals surface area (Å²) in [7, 11) is 2.37. The molecule has 2 saturated carbocycles. The van der Waals surface area contributed by atoms with Crippen molar-refractivity contribution in [2.24, 2.45) is 11.3 Å². The fraction of sp³-hybridized carbons (Fsp3) is 1.00. The van der Waals surface area contributed by atoms with E-state index in [9.17, 15) is 0 Å². The van der Waals surface area contributed by atoms with Gasteiger partial charge in [-0.1, -0.05) is 27.2 Å². The van der Waals surface area contributed by atoms with Crippen LogP contribution in [0.15, 0.2) is 0 Å². The second kappa shape index (κ2) is 7.26. The maximum Gasteiger partial charge on any atom is 0.00926 e. The van der Waals surface area contributed by atoms with E-state index in [1.165, 1.54) is 64.5 Å². The van der Waals surface area contributed by atoms with Crippen LogP contribution in [-0.2, 0) is 0 Å². The predicted molar refractivity (Wildman–Crippen MR) is 88.1 cm³/mol. The van der Waals surface area contributed by atoms with Gasteiger partial charge in [-0.05, 0) is 63.3 Å². The van der Waals surface area contributed by atoms with Crippen molar-refractivity contribution in [2.45, 2.75) is 84.2 Å². The Hall–Kier alpha value is -0.0800. The summed E-state index contributed by atoms with van der Waals surface area (Å²) in [6.45, 7) is 9.71. The number of nitrogens with zero attached hydrogens (tertiary/aromatic N) is 1. The van der Waals surface area contributed by atoms with Gasteiger partial charge >= 0.3 is 0 Å². The van der Waals surface area contributed by atoms with Gasteiger partial charge in [-0.3, -0.25) is 0 Å². The quantitative estimate of drug-likeness (QED) is 0.721. The lowest BCUT2D eigenvalue weighted by molar-refractivity contribution is 0.105. The maximum absolute atomic E-state index is 3.77. The molecule has 118 valence electrons. The largest absolute Gasteiger partial charge is 0.313 e. The smallest absolute Gasteiger partial charge is 0.00926 e.